The van der Waals surface area contributed by atoms with Crippen molar-refractivity contribution in [3.8, 4) is 0 Å². The van der Waals surface area contributed by atoms with Crippen LogP contribution >= 0.6 is 11.3 Å². The van der Waals surface area contributed by atoms with Crippen molar-refractivity contribution in [3.63, 3.8) is 0 Å². The van der Waals surface area contributed by atoms with Crippen molar-refractivity contribution in [1.29, 1.82) is 0 Å². The van der Waals surface area contributed by atoms with Gasteiger partial charge in [-0.05, 0) is 32.8 Å². The normalized spacial score (nSPS) is 12.0. The topological polar surface area (TPSA) is 79.3 Å². The van der Waals surface area contributed by atoms with Crippen molar-refractivity contribution in [3.05, 3.63) is 51.0 Å². The number of nitrogens with zero attached hydrogens (tertiary/aromatic N) is 1. The summed E-state index contributed by atoms with van der Waals surface area (Å²) >= 11 is 1.32. The molecule has 2 aromatic rings. The van der Waals surface area contributed by atoms with Crippen LogP contribution in [-0.4, -0.2) is 28.5 Å². The van der Waals surface area contributed by atoms with E-state index in [4.69, 9.17) is 0 Å². The number of aliphatic carboxylic acids is 1. The standard InChI is InChI=1S/C17H20N2O3S/c1-10-4-6-13(7-5-10)8-14(17(21)22)9-18-16(20)15-11(2)19-12(3)23-15/h4-7,14H,8-9H2,1-3H3,(H,18,20)(H,21,22)/t14-/m1/s1. The molecule has 122 valence electrons. The van der Waals surface area contributed by atoms with Crippen LogP contribution in [0.1, 0.15) is 31.5 Å². The fourth-order valence-electron chi connectivity index (χ4n) is 2.29. The molecule has 0 fully saturated rings. The maximum Gasteiger partial charge on any atom is 0.308 e. The maximum absolute atomic E-state index is 12.2. The summed E-state index contributed by atoms with van der Waals surface area (Å²) in [7, 11) is 0. The lowest BCUT2D eigenvalue weighted by atomic mass is 9.98. The fraction of sp³-hybridized carbons (Fsp3) is 0.353. The van der Waals surface area contributed by atoms with Crippen molar-refractivity contribution in [2.75, 3.05) is 6.54 Å². The zero-order valence-electron chi connectivity index (χ0n) is 13.4. The first-order chi connectivity index (χ1) is 10.9. The number of carboxylic acids is 1. The first-order valence-corrected chi connectivity index (χ1v) is 8.19. The minimum atomic E-state index is -0.914. The highest BCUT2D eigenvalue weighted by Crippen LogP contribution is 2.17. The summed E-state index contributed by atoms with van der Waals surface area (Å²) in [5, 5.41) is 12.9. The SMILES string of the molecule is Cc1ccc(C[C@H](CNC(=O)c2sc(C)nc2C)C(=O)O)cc1. The van der Waals surface area contributed by atoms with E-state index in [1.807, 2.05) is 38.1 Å². The molecule has 2 rings (SSSR count). The highest BCUT2D eigenvalue weighted by Gasteiger charge is 2.21. The predicted molar refractivity (Wildman–Crippen MR) is 89.9 cm³/mol. The summed E-state index contributed by atoms with van der Waals surface area (Å²) in [5.74, 6) is -1.83. The Labute approximate surface area is 139 Å². The second-order valence-electron chi connectivity index (χ2n) is 5.58. The minimum absolute atomic E-state index is 0.0957. The van der Waals surface area contributed by atoms with Gasteiger partial charge < -0.3 is 10.4 Å². The van der Waals surface area contributed by atoms with Gasteiger partial charge in [0.1, 0.15) is 4.88 Å². The quantitative estimate of drug-likeness (QED) is 0.852. The van der Waals surface area contributed by atoms with E-state index in [1.54, 1.807) is 6.92 Å². The van der Waals surface area contributed by atoms with Crippen LogP contribution in [0.2, 0.25) is 0 Å². The Morgan fingerprint density at radius 3 is 2.39 bits per heavy atom. The van der Waals surface area contributed by atoms with E-state index in [2.05, 4.69) is 10.3 Å². The Morgan fingerprint density at radius 2 is 1.87 bits per heavy atom. The van der Waals surface area contributed by atoms with Crippen LogP contribution < -0.4 is 5.32 Å². The number of carbonyl (C=O) groups excluding carboxylic acids is 1. The molecule has 1 heterocycles. The van der Waals surface area contributed by atoms with Gasteiger partial charge in [-0.25, -0.2) is 4.98 Å². The van der Waals surface area contributed by atoms with Crippen LogP contribution in [0.15, 0.2) is 24.3 Å². The van der Waals surface area contributed by atoms with Crippen molar-refractivity contribution in [2.24, 2.45) is 5.92 Å². The third-order valence-electron chi connectivity index (χ3n) is 3.57. The number of hydrogen-bond acceptors (Lipinski definition) is 4. The number of hydrogen-bond donors (Lipinski definition) is 2. The summed E-state index contributed by atoms with van der Waals surface area (Å²) in [6, 6.07) is 7.75. The second-order valence-corrected chi connectivity index (χ2v) is 6.79. The highest BCUT2D eigenvalue weighted by molar-refractivity contribution is 7.13. The van der Waals surface area contributed by atoms with Gasteiger partial charge in [0.05, 0.1) is 16.6 Å². The van der Waals surface area contributed by atoms with E-state index in [0.717, 1.165) is 16.1 Å². The van der Waals surface area contributed by atoms with Gasteiger partial charge in [-0.3, -0.25) is 9.59 Å². The van der Waals surface area contributed by atoms with Gasteiger partial charge in [0.2, 0.25) is 0 Å². The molecule has 0 saturated carbocycles. The molecule has 5 nitrogen and oxygen atoms in total. The van der Waals surface area contributed by atoms with E-state index in [-0.39, 0.29) is 12.5 Å². The minimum Gasteiger partial charge on any atom is -0.481 e. The number of benzene rings is 1. The molecule has 1 amide bonds. The van der Waals surface area contributed by atoms with Crippen molar-refractivity contribution < 1.29 is 14.7 Å². The Bertz CT molecular complexity index is 707. The van der Waals surface area contributed by atoms with Crippen LogP contribution in [0.25, 0.3) is 0 Å². The van der Waals surface area contributed by atoms with Gasteiger partial charge >= 0.3 is 5.97 Å². The van der Waals surface area contributed by atoms with Crippen molar-refractivity contribution in [2.45, 2.75) is 27.2 Å². The molecule has 0 aliphatic carbocycles. The molecule has 0 bridgehead atoms. The molecule has 2 N–H and O–H groups in total. The van der Waals surface area contributed by atoms with Gasteiger partial charge in [0.25, 0.3) is 5.91 Å². The van der Waals surface area contributed by atoms with Gasteiger partial charge in [0.15, 0.2) is 0 Å². The van der Waals surface area contributed by atoms with Crippen molar-refractivity contribution >= 4 is 23.2 Å². The molecule has 1 aromatic heterocycles. The van der Waals surface area contributed by atoms with Gasteiger partial charge in [0, 0.05) is 6.54 Å². The lowest BCUT2D eigenvalue weighted by Gasteiger charge is -2.13. The Morgan fingerprint density at radius 1 is 1.22 bits per heavy atom. The number of aromatic nitrogens is 1. The van der Waals surface area contributed by atoms with Gasteiger partial charge in [-0.15, -0.1) is 11.3 Å². The number of rotatable bonds is 6. The number of thiazole rings is 1. The molecule has 0 unspecified atom stereocenters. The van der Waals surface area contributed by atoms with Crippen LogP contribution in [0.4, 0.5) is 0 Å². The summed E-state index contributed by atoms with van der Waals surface area (Å²) in [5.41, 5.74) is 2.75. The zero-order valence-corrected chi connectivity index (χ0v) is 14.2. The molecule has 0 aliphatic heterocycles. The monoisotopic (exact) mass is 332 g/mol. The summed E-state index contributed by atoms with van der Waals surface area (Å²) in [6.45, 7) is 5.70. The molecule has 0 saturated heterocycles. The van der Waals surface area contributed by atoms with E-state index in [1.165, 1.54) is 11.3 Å². The number of carboxylic acid groups (broad SMARTS) is 1. The number of amides is 1. The Kier molecular flexibility index (Phi) is 5.50. The van der Waals surface area contributed by atoms with Crippen LogP contribution in [0.3, 0.4) is 0 Å². The third kappa shape index (κ3) is 4.63. The molecule has 0 radical (unpaired) electrons. The Balaban J connectivity index is 1.99. The fourth-order valence-corrected chi connectivity index (χ4v) is 3.13. The average Bonchev–Trinajstić information content (AvgIpc) is 2.83. The van der Waals surface area contributed by atoms with E-state index in [0.29, 0.717) is 17.0 Å². The van der Waals surface area contributed by atoms with Crippen LogP contribution in [0.5, 0.6) is 0 Å². The highest BCUT2D eigenvalue weighted by atomic mass is 32.1. The molecule has 0 aliphatic rings. The third-order valence-corrected chi connectivity index (χ3v) is 4.64. The number of nitrogens with one attached hydrogen (secondary N) is 1. The summed E-state index contributed by atoms with van der Waals surface area (Å²) in [4.78, 5) is 28.4. The van der Waals surface area contributed by atoms with Crippen molar-refractivity contribution in [1.82, 2.24) is 10.3 Å². The Hall–Kier alpha value is -2.21. The molecule has 1 aromatic carbocycles. The lowest BCUT2D eigenvalue weighted by molar-refractivity contribution is -0.141. The number of carbonyl (C=O) groups is 2. The largest absolute Gasteiger partial charge is 0.481 e. The lowest BCUT2D eigenvalue weighted by Crippen LogP contribution is -2.34. The van der Waals surface area contributed by atoms with Crippen LogP contribution in [-0.2, 0) is 11.2 Å². The molecule has 6 heteroatoms. The van der Waals surface area contributed by atoms with Crippen LogP contribution in [0, 0.1) is 26.7 Å². The first kappa shape index (κ1) is 17.1. The molecule has 1 atom stereocenters. The zero-order chi connectivity index (χ0) is 17.0. The molecular weight excluding hydrogens is 312 g/mol. The number of aryl methyl sites for hydroxylation is 3. The predicted octanol–water partition coefficient (Wildman–Crippen LogP) is 2.74. The van der Waals surface area contributed by atoms with Gasteiger partial charge in [-0.1, -0.05) is 29.8 Å². The second kappa shape index (κ2) is 7.37. The summed E-state index contributed by atoms with van der Waals surface area (Å²) in [6.07, 6.45) is 0.386. The summed E-state index contributed by atoms with van der Waals surface area (Å²) < 4.78 is 0. The van der Waals surface area contributed by atoms with E-state index in [9.17, 15) is 14.7 Å². The molecule has 23 heavy (non-hydrogen) atoms. The first-order valence-electron chi connectivity index (χ1n) is 7.37. The van der Waals surface area contributed by atoms with E-state index >= 15 is 0 Å². The maximum atomic E-state index is 12.2. The molecule has 0 spiro atoms. The molecular formula is C17H20N2O3S. The van der Waals surface area contributed by atoms with Gasteiger partial charge in [-0.2, -0.15) is 0 Å². The average molecular weight is 332 g/mol. The van der Waals surface area contributed by atoms with E-state index < -0.39 is 11.9 Å². The smallest absolute Gasteiger partial charge is 0.308 e.